The van der Waals surface area contributed by atoms with Crippen molar-refractivity contribution in [1.29, 1.82) is 0 Å². The highest BCUT2D eigenvalue weighted by atomic mass is 32.1. The second-order valence-corrected chi connectivity index (χ2v) is 6.24. The van der Waals surface area contributed by atoms with Gasteiger partial charge in [0.15, 0.2) is 11.5 Å². The standard InChI is InChI=1S/C15H13N5S/c1-8-9(2)21-15-12(8)14-19-18-13(20(14)10(3)17-15)11-4-6-16-7-5-11/h4-7H,1-3H3. The topological polar surface area (TPSA) is 56.0 Å². The number of rotatable bonds is 1. The average Bonchev–Trinajstić information content (AvgIpc) is 3.03. The summed E-state index contributed by atoms with van der Waals surface area (Å²) < 4.78 is 2.02. The molecule has 0 spiro atoms. The number of thiophene rings is 1. The highest BCUT2D eigenvalue weighted by molar-refractivity contribution is 7.18. The summed E-state index contributed by atoms with van der Waals surface area (Å²) in [5.41, 5.74) is 3.11. The van der Waals surface area contributed by atoms with Gasteiger partial charge in [-0.25, -0.2) is 4.98 Å². The maximum atomic E-state index is 4.73. The molecule has 4 heterocycles. The molecular weight excluding hydrogens is 282 g/mol. The molecule has 0 bridgehead atoms. The van der Waals surface area contributed by atoms with Gasteiger partial charge in [0, 0.05) is 22.8 Å². The first-order valence-corrected chi connectivity index (χ1v) is 7.50. The Kier molecular flexibility index (Phi) is 2.56. The summed E-state index contributed by atoms with van der Waals surface area (Å²) in [5.74, 6) is 1.71. The van der Waals surface area contributed by atoms with E-state index in [0.717, 1.165) is 33.1 Å². The fourth-order valence-electron chi connectivity index (χ4n) is 2.59. The third kappa shape index (κ3) is 1.69. The first kappa shape index (κ1) is 12.4. The number of hydrogen-bond donors (Lipinski definition) is 0. The van der Waals surface area contributed by atoms with Gasteiger partial charge in [-0.05, 0) is 38.5 Å². The molecule has 0 fully saturated rings. The molecule has 104 valence electrons. The Bertz CT molecular complexity index is 968. The number of aryl methyl sites for hydroxylation is 3. The average molecular weight is 295 g/mol. The van der Waals surface area contributed by atoms with Crippen molar-refractivity contribution < 1.29 is 0 Å². The summed E-state index contributed by atoms with van der Waals surface area (Å²) in [6.45, 7) is 6.23. The third-order valence-electron chi connectivity index (χ3n) is 3.78. The maximum Gasteiger partial charge on any atom is 0.173 e. The highest BCUT2D eigenvalue weighted by Gasteiger charge is 2.17. The van der Waals surface area contributed by atoms with Gasteiger partial charge in [-0.15, -0.1) is 21.5 Å². The molecule has 0 aliphatic rings. The van der Waals surface area contributed by atoms with Crippen LogP contribution >= 0.6 is 11.3 Å². The van der Waals surface area contributed by atoms with Crippen molar-refractivity contribution in [2.24, 2.45) is 0 Å². The first-order valence-electron chi connectivity index (χ1n) is 6.68. The summed E-state index contributed by atoms with van der Waals surface area (Å²) in [7, 11) is 0. The second-order valence-electron chi connectivity index (χ2n) is 5.04. The molecule has 0 aliphatic heterocycles. The van der Waals surface area contributed by atoms with E-state index in [-0.39, 0.29) is 0 Å². The van der Waals surface area contributed by atoms with E-state index in [4.69, 9.17) is 4.98 Å². The van der Waals surface area contributed by atoms with Gasteiger partial charge in [0.2, 0.25) is 0 Å². The lowest BCUT2D eigenvalue weighted by Crippen LogP contribution is -1.98. The van der Waals surface area contributed by atoms with E-state index in [1.807, 2.05) is 23.5 Å². The molecule has 4 aromatic heterocycles. The van der Waals surface area contributed by atoms with Crippen molar-refractivity contribution in [1.82, 2.24) is 24.6 Å². The zero-order chi connectivity index (χ0) is 14.6. The molecule has 0 unspecified atom stereocenters. The maximum absolute atomic E-state index is 4.73. The highest BCUT2D eigenvalue weighted by Crippen LogP contribution is 2.33. The van der Waals surface area contributed by atoms with E-state index in [0.29, 0.717) is 0 Å². The van der Waals surface area contributed by atoms with Gasteiger partial charge in [-0.3, -0.25) is 9.38 Å². The van der Waals surface area contributed by atoms with Crippen LogP contribution in [0.1, 0.15) is 16.3 Å². The fourth-order valence-corrected chi connectivity index (χ4v) is 3.66. The lowest BCUT2D eigenvalue weighted by molar-refractivity contribution is 1.01. The van der Waals surface area contributed by atoms with Gasteiger partial charge < -0.3 is 0 Å². The van der Waals surface area contributed by atoms with Crippen molar-refractivity contribution in [2.45, 2.75) is 20.8 Å². The Morgan fingerprint density at radius 3 is 2.57 bits per heavy atom. The summed E-state index contributed by atoms with van der Waals surface area (Å²) >= 11 is 1.71. The van der Waals surface area contributed by atoms with Crippen LogP contribution in [0, 0.1) is 20.8 Å². The van der Waals surface area contributed by atoms with Crippen LogP contribution in [0.3, 0.4) is 0 Å². The Morgan fingerprint density at radius 2 is 1.81 bits per heavy atom. The molecule has 4 aromatic rings. The fraction of sp³-hybridized carbons (Fsp3) is 0.200. The number of fused-ring (bicyclic) bond motifs is 3. The van der Waals surface area contributed by atoms with Crippen LogP contribution in [-0.4, -0.2) is 24.6 Å². The molecular formula is C15H13N5S. The van der Waals surface area contributed by atoms with Crippen LogP contribution in [0.5, 0.6) is 0 Å². The van der Waals surface area contributed by atoms with Gasteiger partial charge in [0.1, 0.15) is 10.7 Å². The summed E-state index contributed by atoms with van der Waals surface area (Å²) in [4.78, 5) is 11.1. The van der Waals surface area contributed by atoms with Gasteiger partial charge in [-0.2, -0.15) is 0 Å². The zero-order valence-corrected chi connectivity index (χ0v) is 12.8. The summed E-state index contributed by atoms with van der Waals surface area (Å²) in [6.07, 6.45) is 3.52. The summed E-state index contributed by atoms with van der Waals surface area (Å²) in [5, 5.41) is 9.90. The van der Waals surface area contributed by atoms with Gasteiger partial charge in [0.25, 0.3) is 0 Å². The zero-order valence-electron chi connectivity index (χ0n) is 12.0. The number of aromatic nitrogens is 5. The summed E-state index contributed by atoms with van der Waals surface area (Å²) in [6, 6.07) is 3.87. The van der Waals surface area contributed by atoms with Crippen LogP contribution in [0.2, 0.25) is 0 Å². The minimum Gasteiger partial charge on any atom is -0.265 e. The second kappa shape index (κ2) is 4.33. The smallest absolute Gasteiger partial charge is 0.173 e. The van der Waals surface area contributed by atoms with Crippen LogP contribution in [0.25, 0.3) is 27.3 Å². The van der Waals surface area contributed by atoms with Gasteiger partial charge >= 0.3 is 0 Å². The van der Waals surface area contributed by atoms with Crippen LogP contribution < -0.4 is 0 Å². The predicted octanol–water partition coefficient (Wildman–Crippen LogP) is 3.33. The third-order valence-corrected chi connectivity index (χ3v) is 4.88. The molecule has 0 aromatic carbocycles. The van der Waals surface area contributed by atoms with E-state index >= 15 is 0 Å². The lowest BCUT2D eigenvalue weighted by atomic mass is 10.2. The minimum absolute atomic E-state index is 0.808. The predicted molar refractivity (Wildman–Crippen MR) is 83.6 cm³/mol. The van der Waals surface area contributed by atoms with E-state index < -0.39 is 0 Å². The number of hydrogen-bond acceptors (Lipinski definition) is 5. The van der Waals surface area contributed by atoms with Crippen molar-refractivity contribution in [3.63, 3.8) is 0 Å². The first-order chi connectivity index (χ1) is 10.2. The van der Waals surface area contributed by atoms with E-state index in [2.05, 4.69) is 29.0 Å². The molecule has 4 rings (SSSR count). The Labute approximate surface area is 125 Å². The number of pyridine rings is 1. The SMILES string of the molecule is Cc1sc2nc(C)n3c(-c4ccncc4)nnc3c2c1C. The molecule has 5 nitrogen and oxygen atoms in total. The number of nitrogens with zero attached hydrogens (tertiary/aromatic N) is 5. The molecule has 0 radical (unpaired) electrons. The Morgan fingerprint density at radius 1 is 1.05 bits per heavy atom. The molecule has 0 N–H and O–H groups in total. The van der Waals surface area contributed by atoms with Crippen LogP contribution in [0.4, 0.5) is 0 Å². The molecule has 6 heteroatoms. The molecule has 0 saturated carbocycles. The molecule has 0 atom stereocenters. The van der Waals surface area contributed by atoms with Crippen LogP contribution in [0.15, 0.2) is 24.5 Å². The van der Waals surface area contributed by atoms with Crippen molar-refractivity contribution in [3.05, 3.63) is 40.8 Å². The van der Waals surface area contributed by atoms with Crippen LogP contribution in [-0.2, 0) is 0 Å². The Hall–Kier alpha value is -2.34. The van der Waals surface area contributed by atoms with Crippen molar-refractivity contribution in [2.75, 3.05) is 0 Å². The monoisotopic (exact) mass is 295 g/mol. The normalized spacial score (nSPS) is 11.6. The Balaban J connectivity index is 2.16. The van der Waals surface area contributed by atoms with Gasteiger partial charge in [0.05, 0.1) is 5.39 Å². The van der Waals surface area contributed by atoms with Crippen molar-refractivity contribution >= 4 is 27.2 Å². The molecule has 21 heavy (non-hydrogen) atoms. The molecule has 0 amide bonds. The minimum atomic E-state index is 0.808. The van der Waals surface area contributed by atoms with E-state index in [1.165, 1.54) is 10.4 Å². The van der Waals surface area contributed by atoms with E-state index in [1.54, 1.807) is 23.7 Å². The molecule has 0 saturated heterocycles. The van der Waals surface area contributed by atoms with Gasteiger partial charge in [-0.1, -0.05) is 0 Å². The molecule has 0 aliphatic carbocycles. The lowest BCUT2D eigenvalue weighted by Gasteiger charge is -2.04. The van der Waals surface area contributed by atoms with Crippen molar-refractivity contribution in [3.8, 4) is 11.4 Å². The largest absolute Gasteiger partial charge is 0.265 e. The van der Waals surface area contributed by atoms with E-state index in [9.17, 15) is 0 Å². The quantitative estimate of drug-likeness (QED) is 0.540.